The molecule has 0 bridgehead atoms. The Bertz CT molecular complexity index is 365. The molecule has 0 unspecified atom stereocenters. The molecule has 1 aliphatic rings. The molecule has 2 rings (SSSR count). The Balaban J connectivity index is 1.81. The van der Waals surface area contributed by atoms with Gasteiger partial charge in [0.2, 0.25) is 0 Å². The SMILES string of the molecule is CCC(CC)[NH+]1CC[NH+](Cc2ccc(Cl)cc2)CC1. The molecule has 0 spiro atoms. The Morgan fingerprint density at radius 3 is 2.11 bits per heavy atom. The zero-order valence-corrected chi connectivity index (χ0v) is 13.0. The van der Waals surface area contributed by atoms with Crippen LogP contribution in [0.4, 0.5) is 0 Å². The monoisotopic (exact) mass is 282 g/mol. The minimum atomic E-state index is 0.835. The van der Waals surface area contributed by atoms with E-state index in [-0.39, 0.29) is 0 Å². The van der Waals surface area contributed by atoms with E-state index in [4.69, 9.17) is 11.6 Å². The van der Waals surface area contributed by atoms with Crippen molar-refractivity contribution in [2.24, 2.45) is 0 Å². The van der Waals surface area contributed by atoms with Gasteiger partial charge in [-0.3, -0.25) is 0 Å². The molecule has 0 aromatic heterocycles. The van der Waals surface area contributed by atoms with Gasteiger partial charge in [-0.25, -0.2) is 0 Å². The maximum Gasteiger partial charge on any atom is 0.127 e. The van der Waals surface area contributed by atoms with Crippen molar-refractivity contribution in [1.82, 2.24) is 0 Å². The van der Waals surface area contributed by atoms with Gasteiger partial charge in [0.05, 0.1) is 6.04 Å². The topological polar surface area (TPSA) is 8.88 Å². The highest BCUT2D eigenvalue weighted by atomic mass is 35.5. The molecule has 1 heterocycles. The smallest absolute Gasteiger partial charge is 0.127 e. The lowest BCUT2D eigenvalue weighted by Gasteiger charge is -2.34. The van der Waals surface area contributed by atoms with E-state index in [1.165, 1.54) is 44.6 Å². The average molecular weight is 283 g/mol. The molecule has 2 nitrogen and oxygen atoms in total. The van der Waals surface area contributed by atoms with Crippen LogP contribution in [0, 0.1) is 0 Å². The summed E-state index contributed by atoms with van der Waals surface area (Å²) in [6, 6.07) is 9.20. The first-order valence-electron chi connectivity index (χ1n) is 7.65. The van der Waals surface area contributed by atoms with Gasteiger partial charge in [-0.05, 0) is 25.0 Å². The van der Waals surface area contributed by atoms with Gasteiger partial charge in [0.15, 0.2) is 0 Å². The third kappa shape index (κ3) is 4.20. The quantitative estimate of drug-likeness (QED) is 0.791. The molecule has 2 N–H and O–H groups in total. The van der Waals surface area contributed by atoms with Gasteiger partial charge in [-0.1, -0.05) is 37.6 Å². The zero-order chi connectivity index (χ0) is 13.7. The molecule has 1 fully saturated rings. The van der Waals surface area contributed by atoms with Crippen molar-refractivity contribution in [2.45, 2.75) is 39.3 Å². The number of halogens is 1. The van der Waals surface area contributed by atoms with E-state index in [2.05, 4.69) is 26.0 Å². The number of rotatable bonds is 5. The summed E-state index contributed by atoms with van der Waals surface area (Å²) in [5.74, 6) is 0. The van der Waals surface area contributed by atoms with Gasteiger partial charge < -0.3 is 9.80 Å². The van der Waals surface area contributed by atoms with E-state index >= 15 is 0 Å². The maximum atomic E-state index is 5.93. The minimum Gasteiger partial charge on any atom is -0.323 e. The predicted molar refractivity (Wildman–Crippen MR) is 80.9 cm³/mol. The van der Waals surface area contributed by atoms with Gasteiger partial charge in [-0.15, -0.1) is 0 Å². The van der Waals surface area contributed by atoms with Crippen molar-refractivity contribution in [2.75, 3.05) is 26.2 Å². The molecule has 3 heteroatoms. The van der Waals surface area contributed by atoms with Gasteiger partial charge >= 0.3 is 0 Å². The van der Waals surface area contributed by atoms with Crippen LogP contribution in [0.1, 0.15) is 32.3 Å². The second-order valence-corrected chi connectivity index (χ2v) is 6.16. The highest BCUT2D eigenvalue weighted by molar-refractivity contribution is 6.30. The van der Waals surface area contributed by atoms with Crippen LogP contribution in [-0.4, -0.2) is 32.2 Å². The van der Waals surface area contributed by atoms with Crippen molar-refractivity contribution in [3.05, 3.63) is 34.9 Å². The molecule has 1 aromatic carbocycles. The van der Waals surface area contributed by atoms with Crippen molar-refractivity contribution in [3.8, 4) is 0 Å². The highest BCUT2D eigenvalue weighted by Crippen LogP contribution is 2.08. The molecule has 1 aromatic rings. The van der Waals surface area contributed by atoms with Crippen LogP contribution in [0.15, 0.2) is 24.3 Å². The Kier molecular flexibility index (Phi) is 5.68. The van der Waals surface area contributed by atoms with Crippen molar-refractivity contribution in [3.63, 3.8) is 0 Å². The fourth-order valence-electron chi connectivity index (χ4n) is 3.27. The maximum absolute atomic E-state index is 5.93. The minimum absolute atomic E-state index is 0.835. The summed E-state index contributed by atoms with van der Waals surface area (Å²) in [5, 5.41) is 0.835. The summed E-state index contributed by atoms with van der Waals surface area (Å²) in [6.07, 6.45) is 2.64. The Labute approximate surface area is 122 Å². The van der Waals surface area contributed by atoms with Crippen molar-refractivity contribution >= 4 is 11.6 Å². The second-order valence-electron chi connectivity index (χ2n) is 5.72. The summed E-state index contributed by atoms with van der Waals surface area (Å²) >= 11 is 5.93. The van der Waals surface area contributed by atoms with Crippen LogP contribution >= 0.6 is 11.6 Å². The van der Waals surface area contributed by atoms with E-state index in [9.17, 15) is 0 Å². The van der Waals surface area contributed by atoms with E-state index in [0.717, 1.165) is 17.6 Å². The normalized spacial score (nSPS) is 23.8. The molecule has 19 heavy (non-hydrogen) atoms. The summed E-state index contributed by atoms with van der Waals surface area (Å²) in [7, 11) is 0. The van der Waals surface area contributed by atoms with Crippen LogP contribution in [0.5, 0.6) is 0 Å². The largest absolute Gasteiger partial charge is 0.323 e. The van der Waals surface area contributed by atoms with E-state index < -0.39 is 0 Å². The molecule has 0 aliphatic carbocycles. The molecular weight excluding hydrogens is 256 g/mol. The average Bonchev–Trinajstić information content (AvgIpc) is 2.44. The first-order valence-corrected chi connectivity index (χ1v) is 8.03. The summed E-state index contributed by atoms with van der Waals surface area (Å²) in [6.45, 7) is 11.1. The first-order chi connectivity index (χ1) is 9.22. The lowest BCUT2D eigenvalue weighted by Crippen LogP contribution is -3.29. The molecule has 0 radical (unpaired) electrons. The molecular formula is C16H27ClN2+2. The van der Waals surface area contributed by atoms with E-state index in [1.807, 2.05) is 17.0 Å². The number of piperazine rings is 1. The number of benzene rings is 1. The van der Waals surface area contributed by atoms with Crippen LogP contribution in [0.3, 0.4) is 0 Å². The van der Waals surface area contributed by atoms with Crippen molar-refractivity contribution in [1.29, 1.82) is 0 Å². The molecule has 1 aliphatic heterocycles. The summed E-state index contributed by atoms with van der Waals surface area (Å²) in [4.78, 5) is 3.54. The van der Waals surface area contributed by atoms with Gasteiger partial charge in [0.25, 0.3) is 0 Å². The first kappa shape index (κ1) is 14.8. The fourth-order valence-corrected chi connectivity index (χ4v) is 3.39. The molecule has 0 atom stereocenters. The number of hydrogen-bond acceptors (Lipinski definition) is 0. The molecule has 106 valence electrons. The number of nitrogens with one attached hydrogen (secondary N) is 2. The van der Waals surface area contributed by atoms with Crippen molar-refractivity contribution < 1.29 is 9.80 Å². The van der Waals surface area contributed by atoms with Crippen LogP contribution in [0.25, 0.3) is 0 Å². The summed E-state index contributed by atoms with van der Waals surface area (Å²) < 4.78 is 0. The standard InChI is InChI=1S/C16H25ClN2/c1-3-16(4-2)19-11-9-18(10-12-19)13-14-5-7-15(17)8-6-14/h5-8,16H,3-4,9-13H2,1-2H3/p+2. The Morgan fingerprint density at radius 2 is 1.58 bits per heavy atom. The Morgan fingerprint density at radius 1 is 1.00 bits per heavy atom. The van der Waals surface area contributed by atoms with E-state index in [1.54, 1.807) is 4.90 Å². The number of hydrogen-bond donors (Lipinski definition) is 2. The lowest BCUT2D eigenvalue weighted by molar-refractivity contribution is -1.03. The van der Waals surface area contributed by atoms with Gasteiger partial charge in [0.1, 0.15) is 32.7 Å². The summed E-state index contributed by atoms with van der Waals surface area (Å²) in [5.41, 5.74) is 1.41. The molecule has 0 amide bonds. The predicted octanol–water partition coefficient (Wildman–Crippen LogP) is 0.812. The highest BCUT2D eigenvalue weighted by Gasteiger charge is 2.27. The molecule has 1 saturated heterocycles. The zero-order valence-electron chi connectivity index (χ0n) is 12.2. The van der Waals surface area contributed by atoms with Gasteiger partial charge in [0, 0.05) is 10.6 Å². The van der Waals surface area contributed by atoms with Crippen LogP contribution in [0.2, 0.25) is 5.02 Å². The third-order valence-corrected chi connectivity index (χ3v) is 4.78. The lowest BCUT2D eigenvalue weighted by atomic mass is 10.1. The Hall–Kier alpha value is -0.570. The third-order valence-electron chi connectivity index (χ3n) is 4.53. The molecule has 0 saturated carbocycles. The van der Waals surface area contributed by atoms with Gasteiger partial charge in [-0.2, -0.15) is 0 Å². The second kappa shape index (κ2) is 7.28. The van der Waals surface area contributed by atoms with Crippen LogP contribution < -0.4 is 9.80 Å². The number of quaternary nitrogens is 2. The van der Waals surface area contributed by atoms with E-state index in [0.29, 0.717) is 0 Å². The fraction of sp³-hybridized carbons (Fsp3) is 0.625. The van der Waals surface area contributed by atoms with Crippen LogP contribution in [-0.2, 0) is 6.54 Å².